The van der Waals surface area contributed by atoms with Gasteiger partial charge in [-0.3, -0.25) is 9.35 Å². The van der Waals surface area contributed by atoms with E-state index in [2.05, 4.69) is 43.5 Å². The molecule has 49 heavy (non-hydrogen) atoms. The van der Waals surface area contributed by atoms with E-state index in [0.717, 1.165) is 44.9 Å². The molecule has 0 heterocycles. The summed E-state index contributed by atoms with van der Waals surface area (Å²) in [6.45, 7) is 4.46. The summed E-state index contributed by atoms with van der Waals surface area (Å²) >= 11 is 0. The zero-order chi connectivity index (χ0) is 36.3. The number of hydrogen-bond donors (Lipinski definition) is 4. The van der Waals surface area contributed by atoms with Crippen molar-refractivity contribution in [1.29, 1.82) is 0 Å². The Kier molecular flexibility index (Phi) is 33.9. The van der Waals surface area contributed by atoms with Crippen LogP contribution in [0.4, 0.5) is 0 Å². The molecule has 0 saturated carbocycles. The maximum Gasteiger partial charge on any atom is 0.267 e. The molecule has 0 aliphatic rings. The van der Waals surface area contributed by atoms with Crippen LogP contribution in [0, 0.1) is 0 Å². The van der Waals surface area contributed by atoms with Crippen LogP contribution in [0.2, 0.25) is 0 Å². The molecule has 3 unspecified atom stereocenters. The van der Waals surface area contributed by atoms with Gasteiger partial charge in [0, 0.05) is 0 Å². The Morgan fingerprint density at radius 1 is 0.551 bits per heavy atom. The van der Waals surface area contributed by atoms with E-state index in [9.17, 15) is 28.0 Å². The van der Waals surface area contributed by atoms with Gasteiger partial charge in [-0.05, 0) is 38.5 Å². The Morgan fingerprint density at radius 2 is 0.918 bits per heavy atom. The van der Waals surface area contributed by atoms with Gasteiger partial charge in [0.2, 0.25) is 5.91 Å². The molecule has 1 amide bonds. The van der Waals surface area contributed by atoms with Crippen molar-refractivity contribution in [3.63, 3.8) is 0 Å². The molecule has 0 saturated heterocycles. The van der Waals surface area contributed by atoms with Crippen molar-refractivity contribution in [2.24, 2.45) is 0 Å². The number of aliphatic hydroxyl groups is 2. The van der Waals surface area contributed by atoms with E-state index < -0.39 is 40.0 Å². The van der Waals surface area contributed by atoms with E-state index in [-0.39, 0.29) is 6.42 Å². The van der Waals surface area contributed by atoms with Crippen molar-refractivity contribution < 1.29 is 28.0 Å². The zero-order valence-electron chi connectivity index (χ0n) is 31.7. The van der Waals surface area contributed by atoms with Crippen molar-refractivity contribution in [1.82, 2.24) is 5.32 Å². The number of nitrogens with one attached hydrogen (secondary N) is 1. The minimum atomic E-state index is -4.45. The minimum absolute atomic E-state index is 0.274. The van der Waals surface area contributed by atoms with Gasteiger partial charge >= 0.3 is 0 Å². The number of aliphatic hydroxyl groups excluding tert-OH is 2. The third kappa shape index (κ3) is 34.7. The molecule has 0 aromatic heterocycles. The molecule has 0 bridgehead atoms. The highest BCUT2D eigenvalue weighted by Gasteiger charge is 2.27. The number of rotatable bonds is 36. The Bertz CT molecular complexity index is 932. The van der Waals surface area contributed by atoms with Gasteiger partial charge in [-0.25, -0.2) is 0 Å². The largest absolute Gasteiger partial charge is 0.387 e. The van der Waals surface area contributed by atoms with Gasteiger partial charge in [0.25, 0.3) is 10.1 Å². The predicted octanol–water partition coefficient (Wildman–Crippen LogP) is 10.7. The van der Waals surface area contributed by atoms with Gasteiger partial charge in [0.1, 0.15) is 6.10 Å². The SMILES string of the molecule is CCCC/C=C/CC/C=C/CC/C=C/C(O)C(CS(=O)(=O)O)NC(=O)C(O)CCCCCCCCCCCCCCCCCCCCCC. The number of amides is 1. The van der Waals surface area contributed by atoms with Crippen molar-refractivity contribution in [2.75, 3.05) is 5.75 Å². The maximum atomic E-state index is 12.6. The normalized spacial score (nSPS) is 14.3. The molecule has 0 aromatic rings. The average Bonchev–Trinajstić information content (AvgIpc) is 3.06. The van der Waals surface area contributed by atoms with E-state index in [1.807, 2.05) is 0 Å². The number of carbonyl (C=O) groups excluding carboxylic acids is 1. The third-order valence-corrected chi connectivity index (χ3v) is 9.94. The zero-order valence-corrected chi connectivity index (χ0v) is 32.5. The molecule has 0 spiro atoms. The van der Waals surface area contributed by atoms with E-state index in [1.54, 1.807) is 6.08 Å². The van der Waals surface area contributed by atoms with Crippen LogP contribution in [0.15, 0.2) is 36.5 Å². The van der Waals surface area contributed by atoms with Gasteiger partial charge in [-0.2, -0.15) is 8.42 Å². The molecule has 0 aliphatic carbocycles. The van der Waals surface area contributed by atoms with Crippen LogP contribution in [0.3, 0.4) is 0 Å². The summed E-state index contributed by atoms with van der Waals surface area (Å²) < 4.78 is 32.4. The Labute approximate surface area is 302 Å². The summed E-state index contributed by atoms with van der Waals surface area (Å²) in [5, 5.41) is 23.3. The molecule has 0 aliphatic heterocycles. The first-order chi connectivity index (χ1) is 23.7. The number of carbonyl (C=O) groups is 1. The highest BCUT2D eigenvalue weighted by atomic mass is 32.2. The number of allylic oxidation sites excluding steroid dienone is 5. The van der Waals surface area contributed by atoms with Crippen LogP contribution >= 0.6 is 0 Å². The van der Waals surface area contributed by atoms with Gasteiger partial charge < -0.3 is 15.5 Å². The van der Waals surface area contributed by atoms with Crippen LogP contribution in [-0.2, 0) is 14.9 Å². The topological polar surface area (TPSA) is 124 Å². The van der Waals surface area contributed by atoms with Gasteiger partial charge in [0.05, 0.1) is 17.9 Å². The van der Waals surface area contributed by atoms with Crippen LogP contribution in [0.1, 0.15) is 194 Å². The summed E-state index contributed by atoms with van der Waals surface area (Å²) in [6.07, 6.45) is 42.1. The standard InChI is InChI=1S/C41H77NO6S/c1-3-5-7-9-11-13-15-17-18-19-20-21-22-23-24-26-28-30-32-34-36-40(44)41(45)42-38(37-49(46,47)48)39(43)35-33-31-29-27-25-16-14-12-10-8-6-4-2/h10,12,25,27,33,35,38-40,43-44H,3-9,11,13-24,26,28-32,34,36-37H2,1-2H3,(H,42,45)(H,46,47,48)/b12-10+,27-25+,35-33+. The molecule has 288 valence electrons. The minimum Gasteiger partial charge on any atom is -0.387 e. The highest BCUT2D eigenvalue weighted by molar-refractivity contribution is 7.85. The van der Waals surface area contributed by atoms with E-state index in [1.165, 1.54) is 122 Å². The van der Waals surface area contributed by atoms with E-state index in [0.29, 0.717) is 12.8 Å². The van der Waals surface area contributed by atoms with Gasteiger partial charge in [-0.15, -0.1) is 0 Å². The molecule has 0 fully saturated rings. The van der Waals surface area contributed by atoms with E-state index >= 15 is 0 Å². The first-order valence-electron chi connectivity index (χ1n) is 20.3. The lowest BCUT2D eigenvalue weighted by atomic mass is 10.0. The Balaban J connectivity index is 4.00. The summed E-state index contributed by atoms with van der Waals surface area (Å²) in [4.78, 5) is 12.6. The predicted molar refractivity (Wildman–Crippen MR) is 208 cm³/mol. The molecule has 3 atom stereocenters. The van der Waals surface area contributed by atoms with Crippen LogP contribution in [0.5, 0.6) is 0 Å². The molecule has 0 rings (SSSR count). The smallest absolute Gasteiger partial charge is 0.267 e. The average molecular weight is 712 g/mol. The van der Waals surface area contributed by atoms with Crippen LogP contribution in [-0.4, -0.2) is 53.1 Å². The highest BCUT2D eigenvalue weighted by Crippen LogP contribution is 2.15. The summed E-state index contributed by atoms with van der Waals surface area (Å²) in [7, 11) is -4.45. The van der Waals surface area contributed by atoms with Crippen molar-refractivity contribution in [3.8, 4) is 0 Å². The van der Waals surface area contributed by atoms with E-state index in [4.69, 9.17) is 0 Å². The van der Waals surface area contributed by atoms with Crippen molar-refractivity contribution >= 4 is 16.0 Å². The maximum absolute atomic E-state index is 12.6. The molecular weight excluding hydrogens is 635 g/mol. The molecule has 7 nitrogen and oxygen atoms in total. The van der Waals surface area contributed by atoms with Crippen molar-refractivity contribution in [3.05, 3.63) is 36.5 Å². The fraction of sp³-hybridized carbons (Fsp3) is 0.829. The van der Waals surface area contributed by atoms with Gasteiger partial charge in [0.15, 0.2) is 0 Å². The second-order valence-corrected chi connectivity index (χ2v) is 15.5. The molecule has 0 radical (unpaired) electrons. The second-order valence-electron chi connectivity index (χ2n) is 14.0. The Morgan fingerprint density at radius 3 is 1.33 bits per heavy atom. The lowest BCUT2D eigenvalue weighted by Gasteiger charge is -2.22. The monoisotopic (exact) mass is 712 g/mol. The molecule has 0 aromatic carbocycles. The Hall–Kier alpha value is -1.48. The third-order valence-electron chi connectivity index (χ3n) is 9.15. The second kappa shape index (κ2) is 34.9. The first-order valence-corrected chi connectivity index (χ1v) is 21.9. The molecular formula is C41H77NO6S. The lowest BCUT2D eigenvalue weighted by Crippen LogP contribution is -2.50. The lowest BCUT2D eigenvalue weighted by molar-refractivity contribution is -0.130. The van der Waals surface area contributed by atoms with Crippen molar-refractivity contribution in [2.45, 2.75) is 212 Å². The fourth-order valence-electron chi connectivity index (χ4n) is 6.00. The molecule has 4 N–H and O–H groups in total. The van der Waals surface area contributed by atoms with Gasteiger partial charge in [-0.1, -0.05) is 192 Å². The molecule has 8 heteroatoms. The summed E-state index contributed by atoms with van der Waals surface area (Å²) in [6, 6.07) is -1.25. The number of hydrogen-bond acceptors (Lipinski definition) is 5. The summed E-state index contributed by atoms with van der Waals surface area (Å²) in [5.41, 5.74) is 0. The number of unbranched alkanes of at least 4 members (excludes halogenated alkanes) is 23. The quantitative estimate of drug-likeness (QED) is 0.0291. The van der Waals surface area contributed by atoms with Crippen LogP contribution < -0.4 is 5.32 Å². The first kappa shape index (κ1) is 47.5. The summed E-state index contributed by atoms with van der Waals surface area (Å²) in [5.74, 6) is -1.56. The fourth-order valence-corrected chi connectivity index (χ4v) is 6.74. The van der Waals surface area contributed by atoms with Crippen LogP contribution in [0.25, 0.3) is 0 Å².